The average Bonchev–Trinajstić information content (AvgIpc) is 3.24. The largest absolute Gasteiger partial charge is 0.341 e. The van der Waals surface area contributed by atoms with Crippen LogP contribution < -0.4 is 0 Å². The summed E-state index contributed by atoms with van der Waals surface area (Å²) in [5, 5.41) is 0. The van der Waals surface area contributed by atoms with E-state index in [-0.39, 0.29) is 52.5 Å². The van der Waals surface area contributed by atoms with Gasteiger partial charge in [0.2, 0.25) is 5.91 Å². The quantitative estimate of drug-likeness (QED) is 0.322. The SMILES string of the molecule is CC[C@H](C)C(=O)N1C(=O)N(S(=O)(=O)c2c(C(C)C)cc(C(C)C)cc2C(C)C)C[C@H]1C12CC3CC(CC(C3)C1)C2. The summed E-state index contributed by atoms with van der Waals surface area (Å²) in [6.07, 6.45) is 7.39. The van der Waals surface area contributed by atoms with E-state index in [0.717, 1.165) is 40.3 Å². The molecule has 0 aromatic heterocycles. The normalized spacial score (nSPS) is 30.8. The van der Waals surface area contributed by atoms with Gasteiger partial charge in [-0.1, -0.05) is 67.5 Å². The number of carbonyl (C=O) groups excluding carboxylic acids is 2. The molecule has 6 rings (SSSR count). The third-order valence-corrected chi connectivity index (χ3v) is 12.6. The van der Waals surface area contributed by atoms with Gasteiger partial charge >= 0.3 is 6.03 Å². The average molecular weight is 571 g/mol. The van der Waals surface area contributed by atoms with Gasteiger partial charge in [0.25, 0.3) is 10.0 Å². The number of imide groups is 1. The van der Waals surface area contributed by atoms with Gasteiger partial charge in [0, 0.05) is 5.92 Å². The highest BCUT2D eigenvalue weighted by Gasteiger charge is 2.61. The molecule has 5 fully saturated rings. The lowest BCUT2D eigenvalue weighted by atomic mass is 9.47. The number of benzene rings is 1. The summed E-state index contributed by atoms with van der Waals surface area (Å²) >= 11 is 0. The maximum absolute atomic E-state index is 14.7. The minimum Gasteiger partial charge on any atom is -0.274 e. The standard InChI is InChI=1S/C33H50N2O4S/c1-9-22(8)31(36)35-29(33-15-23-10-24(16-33)12-25(11-23)17-33)18-34(32(35)37)40(38,39)30-27(20(4)5)13-26(19(2)3)14-28(30)21(6)7/h13-14,19-25,29H,9-12,15-18H2,1-8H3/t22-,23?,24?,25?,29-,33?/m0/s1. The maximum atomic E-state index is 14.7. The molecular formula is C33H50N2O4S. The first kappa shape index (κ1) is 29.6. The maximum Gasteiger partial charge on any atom is 0.341 e. The van der Waals surface area contributed by atoms with Crippen LogP contribution in [0.5, 0.6) is 0 Å². The summed E-state index contributed by atoms with van der Waals surface area (Å²) in [6.45, 7) is 16.2. The molecule has 6 nitrogen and oxygen atoms in total. The van der Waals surface area contributed by atoms with E-state index in [9.17, 15) is 18.0 Å². The highest BCUT2D eigenvalue weighted by molar-refractivity contribution is 7.89. The van der Waals surface area contributed by atoms with Crippen LogP contribution in [0.3, 0.4) is 0 Å². The number of hydrogen-bond acceptors (Lipinski definition) is 4. The minimum absolute atomic E-state index is 0.0320. The van der Waals surface area contributed by atoms with Gasteiger partial charge < -0.3 is 0 Å². The van der Waals surface area contributed by atoms with Gasteiger partial charge in [0.05, 0.1) is 17.5 Å². The van der Waals surface area contributed by atoms with E-state index in [2.05, 4.69) is 13.8 Å². The zero-order chi connectivity index (χ0) is 29.3. The van der Waals surface area contributed by atoms with Gasteiger partial charge in [0.15, 0.2) is 0 Å². The fourth-order valence-electron chi connectivity index (χ4n) is 8.78. The first-order valence-electron chi connectivity index (χ1n) is 15.8. The Morgan fingerprint density at radius 2 is 1.35 bits per heavy atom. The number of carbonyl (C=O) groups is 2. The Morgan fingerprint density at radius 1 is 0.875 bits per heavy atom. The van der Waals surface area contributed by atoms with E-state index in [1.165, 1.54) is 24.2 Å². The Hall–Kier alpha value is -1.89. The van der Waals surface area contributed by atoms with Gasteiger partial charge in [-0.25, -0.2) is 17.5 Å². The molecule has 4 aliphatic carbocycles. The van der Waals surface area contributed by atoms with E-state index in [1.54, 1.807) is 0 Å². The van der Waals surface area contributed by atoms with Crippen molar-refractivity contribution in [2.75, 3.05) is 6.54 Å². The molecule has 7 heteroatoms. The number of nitrogens with zero attached hydrogens (tertiary/aromatic N) is 2. The molecule has 0 radical (unpaired) electrons. The summed E-state index contributed by atoms with van der Waals surface area (Å²) in [5.41, 5.74) is 2.47. The number of amides is 3. The zero-order valence-corrected chi connectivity index (χ0v) is 26.7. The highest BCUT2D eigenvalue weighted by atomic mass is 32.2. The van der Waals surface area contributed by atoms with Gasteiger partial charge in [-0.05, 0) is 103 Å². The van der Waals surface area contributed by atoms with Crippen molar-refractivity contribution in [2.45, 2.75) is 129 Å². The van der Waals surface area contributed by atoms with Gasteiger partial charge in [-0.2, -0.15) is 0 Å². The van der Waals surface area contributed by atoms with Crippen molar-refractivity contribution in [2.24, 2.45) is 29.1 Å². The molecule has 1 saturated heterocycles. The summed E-state index contributed by atoms with van der Waals surface area (Å²) < 4.78 is 30.5. The van der Waals surface area contributed by atoms with Crippen LogP contribution >= 0.6 is 0 Å². The molecule has 0 unspecified atom stereocenters. The van der Waals surface area contributed by atoms with Crippen molar-refractivity contribution in [3.63, 3.8) is 0 Å². The van der Waals surface area contributed by atoms with Crippen LogP contribution in [0.2, 0.25) is 0 Å². The smallest absolute Gasteiger partial charge is 0.274 e. The molecule has 3 amide bonds. The van der Waals surface area contributed by atoms with E-state index in [1.807, 2.05) is 53.7 Å². The fraction of sp³-hybridized carbons (Fsp3) is 0.758. The summed E-state index contributed by atoms with van der Waals surface area (Å²) in [4.78, 5) is 29.8. The minimum atomic E-state index is -4.20. The van der Waals surface area contributed by atoms with Gasteiger partial charge in [-0.15, -0.1) is 0 Å². The lowest BCUT2D eigenvalue weighted by molar-refractivity contribution is -0.141. The van der Waals surface area contributed by atoms with Crippen LogP contribution in [0, 0.1) is 29.1 Å². The molecule has 2 atom stereocenters. The van der Waals surface area contributed by atoms with E-state index >= 15 is 0 Å². The number of sulfonamides is 1. The summed E-state index contributed by atoms with van der Waals surface area (Å²) in [6, 6.07) is 3.02. The Labute approximate surface area is 242 Å². The Balaban J connectivity index is 1.63. The van der Waals surface area contributed by atoms with Crippen molar-refractivity contribution < 1.29 is 18.0 Å². The van der Waals surface area contributed by atoms with Crippen molar-refractivity contribution in [3.05, 3.63) is 28.8 Å². The molecule has 1 aromatic rings. The van der Waals surface area contributed by atoms with Crippen molar-refractivity contribution >= 4 is 22.0 Å². The lowest BCUT2D eigenvalue weighted by Crippen LogP contribution is -2.58. The second kappa shape index (κ2) is 10.4. The van der Waals surface area contributed by atoms with Crippen LogP contribution in [0.1, 0.15) is 135 Å². The number of rotatable bonds is 8. The summed E-state index contributed by atoms with van der Waals surface area (Å²) in [5.74, 6) is 1.55. The third kappa shape index (κ3) is 4.72. The van der Waals surface area contributed by atoms with Gasteiger partial charge in [0.1, 0.15) is 0 Å². The van der Waals surface area contributed by atoms with Crippen LogP contribution in [-0.4, -0.2) is 42.1 Å². The Bertz CT molecular complexity index is 1220. The molecule has 0 spiro atoms. The molecule has 1 heterocycles. The Morgan fingerprint density at radius 3 is 1.75 bits per heavy atom. The molecule has 1 aliphatic heterocycles. The molecule has 40 heavy (non-hydrogen) atoms. The number of urea groups is 1. The van der Waals surface area contributed by atoms with Crippen LogP contribution in [0.15, 0.2) is 17.0 Å². The predicted octanol–water partition coefficient (Wildman–Crippen LogP) is 7.64. The molecule has 1 aromatic carbocycles. The first-order valence-corrected chi connectivity index (χ1v) is 17.2. The fourth-order valence-corrected chi connectivity index (χ4v) is 10.8. The second-order valence-electron chi connectivity index (χ2n) is 14.6. The van der Waals surface area contributed by atoms with Crippen LogP contribution in [-0.2, 0) is 14.8 Å². The molecule has 0 N–H and O–H groups in total. The zero-order valence-electron chi connectivity index (χ0n) is 25.9. The lowest BCUT2D eigenvalue weighted by Gasteiger charge is -2.59. The van der Waals surface area contributed by atoms with Crippen LogP contribution in [0.4, 0.5) is 4.79 Å². The van der Waals surface area contributed by atoms with Crippen molar-refractivity contribution in [3.8, 4) is 0 Å². The second-order valence-corrected chi connectivity index (χ2v) is 16.4. The molecule has 5 aliphatic rings. The number of hydrogen-bond donors (Lipinski definition) is 0. The first-order chi connectivity index (χ1) is 18.7. The van der Waals surface area contributed by atoms with E-state index < -0.39 is 16.1 Å². The molecule has 222 valence electrons. The van der Waals surface area contributed by atoms with Crippen LogP contribution in [0.25, 0.3) is 0 Å². The Kier molecular flexibility index (Phi) is 7.72. The van der Waals surface area contributed by atoms with E-state index in [4.69, 9.17) is 0 Å². The molecule has 4 bridgehead atoms. The molecule has 4 saturated carbocycles. The van der Waals surface area contributed by atoms with Crippen molar-refractivity contribution in [1.29, 1.82) is 0 Å². The van der Waals surface area contributed by atoms with Crippen molar-refractivity contribution in [1.82, 2.24) is 9.21 Å². The monoisotopic (exact) mass is 570 g/mol. The summed E-state index contributed by atoms with van der Waals surface area (Å²) in [7, 11) is -4.20. The topological polar surface area (TPSA) is 74.8 Å². The highest BCUT2D eigenvalue weighted by Crippen LogP contribution is 2.63. The third-order valence-electron chi connectivity index (χ3n) is 10.8. The predicted molar refractivity (Wildman–Crippen MR) is 159 cm³/mol. The van der Waals surface area contributed by atoms with E-state index in [0.29, 0.717) is 24.2 Å². The van der Waals surface area contributed by atoms with Gasteiger partial charge in [-0.3, -0.25) is 9.69 Å². The molecular weight excluding hydrogens is 520 g/mol.